The lowest BCUT2D eigenvalue weighted by atomic mass is 10.1. The molecule has 0 radical (unpaired) electrons. The molecule has 0 aliphatic rings. The van der Waals surface area contributed by atoms with Crippen LogP contribution in [0.3, 0.4) is 0 Å². The summed E-state index contributed by atoms with van der Waals surface area (Å²) in [6.45, 7) is 1.15. The SMILES string of the molecule is CNC(=O)[C@@H](C)N(CCc1ccccc1)C(=O)CN(c1ccccc1F)S(C)(=O)=O. The van der Waals surface area contributed by atoms with Crippen molar-refractivity contribution >= 4 is 27.5 Å². The van der Waals surface area contributed by atoms with Gasteiger partial charge in [-0.05, 0) is 31.0 Å². The number of likely N-dealkylation sites (N-methyl/N-ethyl adjacent to an activating group) is 1. The molecule has 2 aromatic rings. The molecule has 0 aliphatic carbocycles. The van der Waals surface area contributed by atoms with Crippen LogP contribution in [0.2, 0.25) is 0 Å². The van der Waals surface area contributed by atoms with Crippen LogP contribution in [0.1, 0.15) is 12.5 Å². The van der Waals surface area contributed by atoms with Crippen LogP contribution in [0.15, 0.2) is 54.6 Å². The Labute approximate surface area is 176 Å². The molecule has 30 heavy (non-hydrogen) atoms. The molecule has 0 spiro atoms. The predicted molar refractivity (Wildman–Crippen MR) is 114 cm³/mol. The lowest BCUT2D eigenvalue weighted by Crippen LogP contribution is -2.51. The summed E-state index contributed by atoms with van der Waals surface area (Å²) < 4.78 is 39.5. The molecule has 2 aromatic carbocycles. The number of nitrogens with one attached hydrogen (secondary N) is 1. The largest absolute Gasteiger partial charge is 0.357 e. The number of anilines is 1. The summed E-state index contributed by atoms with van der Waals surface area (Å²) >= 11 is 0. The summed E-state index contributed by atoms with van der Waals surface area (Å²) in [4.78, 5) is 26.6. The van der Waals surface area contributed by atoms with Gasteiger partial charge in [-0.3, -0.25) is 13.9 Å². The van der Waals surface area contributed by atoms with Gasteiger partial charge in [0.25, 0.3) is 0 Å². The molecule has 2 amide bonds. The number of hydrogen-bond donors (Lipinski definition) is 1. The van der Waals surface area contributed by atoms with Gasteiger partial charge in [-0.15, -0.1) is 0 Å². The lowest BCUT2D eigenvalue weighted by Gasteiger charge is -2.31. The Kier molecular flexibility index (Phi) is 7.93. The zero-order valence-electron chi connectivity index (χ0n) is 17.2. The van der Waals surface area contributed by atoms with Crippen LogP contribution < -0.4 is 9.62 Å². The van der Waals surface area contributed by atoms with Gasteiger partial charge in [-0.1, -0.05) is 42.5 Å². The third kappa shape index (κ3) is 6.03. The van der Waals surface area contributed by atoms with Crippen LogP contribution in [-0.2, 0) is 26.0 Å². The molecule has 0 fully saturated rings. The minimum atomic E-state index is -3.94. The van der Waals surface area contributed by atoms with Crippen molar-refractivity contribution in [1.82, 2.24) is 10.2 Å². The maximum atomic E-state index is 14.2. The van der Waals surface area contributed by atoms with Gasteiger partial charge in [0.1, 0.15) is 18.4 Å². The lowest BCUT2D eigenvalue weighted by molar-refractivity contribution is -0.138. The molecule has 2 rings (SSSR count). The fourth-order valence-electron chi connectivity index (χ4n) is 3.03. The van der Waals surface area contributed by atoms with E-state index in [9.17, 15) is 22.4 Å². The normalized spacial score (nSPS) is 12.1. The van der Waals surface area contributed by atoms with E-state index in [0.29, 0.717) is 6.42 Å². The molecule has 0 unspecified atom stereocenters. The molecular formula is C21H26FN3O4S. The highest BCUT2D eigenvalue weighted by atomic mass is 32.2. The highest BCUT2D eigenvalue weighted by Crippen LogP contribution is 2.21. The van der Waals surface area contributed by atoms with Crippen LogP contribution in [0.4, 0.5) is 10.1 Å². The van der Waals surface area contributed by atoms with E-state index in [2.05, 4.69) is 5.32 Å². The van der Waals surface area contributed by atoms with Gasteiger partial charge in [0.15, 0.2) is 0 Å². The van der Waals surface area contributed by atoms with E-state index in [1.54, 1.807) is 6.92 Å². The molecule has 7 nitrogen and oxygen atoms in total. The number of benzene rings is 2. The fraction of sp³-hybridized carbons (Fsp3) is 0.333. The van der Waals surface area contributed by atoms with E-state index in [1.807, 2.05) is 30.3 Å². The number of carbonyl (C=O) groups excluding carboxylic acids is 2. The van der Waals surface area contributed by atoms with Crippen molar-refractivity contribution in [1.29, 1.82) is 0 Å². The molecule has 0 saturated heterocycles. The van der Waals surface area contributed by atoms with Gasteiger partial charge in [0.2, 0.25) is 21.8 Å². The maximum absolute atomic E-state index is 14.2. The summed E-state index contributed by atoms with van der Waals surface area (Å²) in [6.07, 6.45) is 1.38. The van der Waals surface area contributed by atoms with Gasteiger partial charge in [-0.2, -0.15) is 0 Å². The zero-order valence-corrected chi connectivity index (χ0v) is 18.0. The first-order valence-corrected chi connectivity index (χ1v) is 11.3. The predicted octanol–water partition coefficient (Wildman–Crippen LogP) is 1.80. The van der Waals surface area contributed by atoms with E-state index >= 15 is 0 Å². The van der Waals surface area contributed by atoms with E-state index in [4.69, 9.17) is 0 Å². The average molecular weight is 436 g/mol. The number of amides is 2. The Hall–Kier alpha value is -2.94. The van der Waals surface area contributed by atoms with E-state index in [0.717, 1.165) is 22.2 Å². The van der Waals surface area contributed by atoms with Crippen LogP contribution in [-0.4, -0.2) is 57.6 Å². The average Bonchev–Trinajstić information content (AvgIpc) is 2.72. The van der Waals surface area contributed by atoms with Crippen molar-refractivity contribution < 1.29 is 22.4 Å². The quantitative estimate of drug-likeness (QED) is 0.651. The first kappa shape index (κ1) is 23.3. The molecule has 9 heteroatoms. The Morgan fingerprint density at radius 2 is 1.67 bits per heavy atom. The van der Waals surface area contributed by atoms with E-state index < -0.39 is 34.3 Å². The minimum Gasteiger partial charge on any atom is -0.357 e. The first-order chi connectivity index (χ1) is 14.1. The minimum absolute atomic E-state index is 0.201. The van der Waals surface area contributed by atoms with Crippen LogP contribution >= 0.6 is 0 Å². The molecule has 0 aliphatic heterocycles. The van der Waals surface area contributed by atoms with Crippen molar-refractivity contribution in [3.8, 4) is 0 Å². The van der Waals surface area contributed by atoms with Crippen molar-refractivity contribution in [2.75, 3.05) is 30.7 Å². The van der Waals surface area contributed by atoms with Crippen LogP contribution in [0.5, 0.6) is 0 Å². The van der Waals surface area contributed by atoms with E-state index in [-0.39, 0.29) is 18.1 Å². The van der Waals surface area contributed by atoms with Crippen molar-refractivity contribution in [2.45, 2.75) is 19.4 Å². The molecule has 0 bridgehead atoms. The van der Waals surface area contributed by atoms with Crippen molar-refractivity contribution in [3.05, 3.63) is 66.0 Å². The zero-order chi connectivity index (χ0) is 22.3. The van der Waals surface area contributed by atoms with Gasteiger partial charge < -0.3 is 10.2 Å². The number of hydrogen-bond acceptors (Lipinski definition) is 4. The summed E-state index contributed by atoms with van der Waals surface area (Å²) in [5.41, 5.74) is 0.748. The first-order valence-electron chi connectivity index (χ1n) is 9.42. The van der Waals surface area contributed by atoms with Gasteiger partial charge in [-0.25, -0.2) is 12.8 Å². The molecule has 1 atom stereocenters. The second-order valence-corrected chi connectivity index (χ2v) is 8.74. The number of halogens is 1. The summed E-state index contributed by atoms with van der Waals surface area (Å²) in [6, 6.07) is 13.9. The van der Waals surface area contributed by atoms with Crippen molar-refractivity contribution in [3.63, 3.8) is 0 Å². The highest BCUT2D eigenvalue weighted by Gasteiger charge is 2.30. The Morgan fingerprint density at radius 1 is 1.07 bits per heavy atom. The second kappa shape index (κ2) is 10.2. The molecule has 1 N–H and O–H groups in total. The summed E-state index contributed by atoms with van der Waals surface area (Å²) in [5.74, 6) is -1.74. The number of carbonyl (C=O) groups is 2. The number of rotatable bonds is 9. The smallest absolute Gasteiger partial charge is 0.244 e. The second-order valence-electron chi connectivity index (χ2n) is 6.83. The van der Waals surface area contributed by atoms with Crippen LogP contribution in [0, 0.1) is 5.82 Å². The Bertz CT molecular complexity index is 983. The number of nitrogens with zero attached hydrogens (tertiary/aromatic N) is 2. The highest BCUT2D eigenvalue weighted by molar-refractivity contribution is 7.92. The van der Waals surface area contributed by atoms with Gasteiger partial charge in [0.05, 0.1) is 11.9 Å². The Morgan fingerprint density at radius 3 is 2.23 bits per heavy atom. The van der Waals surface area contributed by atoms with Gasteiger partial charge >= 0.3 is 0 Å². The third-order valence-electron chi connectivity index (χ3n) is 4.70. The van der Waals surface area contributed by atoms with E-state index in [1.165, 1.54) is 30.1 Å². The summed E-state index contributed by atoms with van der Waals surface area (Å²) in [7, 11) is -2.48. The van der Waals surface area contributed by atoms with Gasteiger partial charge in [0, 0.05) is 13.6 Å². The monoisotopic (exact) mass is 435 g/mol. The molecule has 0 saturated carbocycles. The third-order valence-corrected chi connectivity index (χ3v) is 5.82. The standard InChI is InChI=1S/C21H26FN3O4S/c1-16(21(27)23-2)24(14-13-17-9-5-4-6-10-17)20(26)15-25(30(3,28)29)19-12-8-7-11-18(19)22/h4-12,16H,13-15H2,1-3H3,(H,23,27)/t16-/m1/s1. The summed E-state index contributed by atoms with van der Waals surface area (Å²) in [5, 5.41) is 2.50. The molecule has 0 aromatic heterocycles. The molecule has 162 valence electrons. The maximum Gasteiger partial charge on any atom is 0.244 e. The molecular weight excluding hydrogens is 409 g/mol. The number of sulfonamides is 1. The van der Waals surface area contributed by atoms with Crippen LogP contribution in [0.25, 0.3) is 0 Å². The fourth-order valence-corrected chi connectivity index (χ4v) is 3.88. The Balaban J connectivity index is 2.30. The molecule has 0 heterocycles. The number of para-hydroxylation sites is 1. The topological polar surface area (TPSA) is 86.8 Å². The van der Waals surface area contributed by atoms with Crippen molar-refractivity contribution in [2.24, 2.45) is 0 Å².